The molecular weight excluding hydrogens is 208 g/mol. The second-order valence-electron chi connectivity index (χ2n) is 5.11. The minimum Gasteiger partial charge on any atom is -0.313 e. The lowest BCUT2D eigenvalue weighted by molar-refractivity contribution is 0.153. The molecule has 0 aromatic heterocycles. The first-order valence-corrected chi connectivity index (χ1v) is 6.73. The molecule has 0 heterocycles. The maximum atomic E-state index is 3.42. The van der Waals surface area contributed by atoms with Crippen molar-refractivity contribution in [3.05, 3.63) is 35.9 Å². The van der Waals surface area contributed by atoms with E-state index < -0.39 is 0 Å². The fourth-order valence-corrected chi connectivity index (χ4v) is 2.51. The minimum atomic E-state index is 0.485. The van der Waals surface area contributed by atoms with Crippen LogP contribution in [0.5, 0.6) is 0 Å². The molecule has 0 amide bonds. The van der Waals surface area contributed by atoms with Crippen LogP contribution in [0.2, 0.25) is 0 Å². The summed E-state index contributed by atoms with van der Waals surface area (Å²) in [6.45, 7) is 1.19. The van der Waals surface area contributed by atoms with Gasteiger partial charge in [-0.05, 0) is 45.5 Å². The second kappa shape index (κ2) is 6.18. The van der Waals surface area contributed by atoms with Crippen LogP contribution >= 0.6 is 0 Å². The van der Waals surface area contributed by atoms with Gasteiger partial charge in [0.25, 0.3) is 0 Å². The summed E-state index contributed by atoms with van der Waals surface area (Å²) in [4.78, 5) is 2.52. The van der Waals surface area contributed by atoms with Crippen molar-refractivity contribution in [3.8, 4) is 0 Å². The second-order valence-corrected chi connectivity index (χ2v) is 5.11. The van der Waals surface area contributed by atoms with Crippen molar-refractivity contribution in [2.45, 2.75) is 37.8 Å². The fraction of sp³-hybridized carbons (Fsp3) is 0.600. The van der Waals surface area contributed by atoms with Crippen molar-refractivity contribution in [2.24, 2.45) is 0 Å². The summed E-state index contributed by atoms with van der Waals surface area (Å²) in [7, 11) is 4.32. The zero-order chi connectivity index (χ0) is 12.1. The molecule has 0 spiro atoms. The molecule has 1 aromatic rings. The third-order valence-corrected chi connectivity index (χ3v) is 4.02. The van der Waals surface area contributed by atoms with Crippen LogP contribution in [0.4, 0.5) is 0 Å². The number of nitrogens with zero attached hydrogens (tertiary/aromatic N) is 1. The lowest BCUT2D eigenvalue weighted by Gasteiger charge is -2.35. The zero-order valence-electron chi connectivity index (χ0n) is 11.0. The monoisotopic (exact) mass is 232 g/mol. The van der Waals surface area contributed by atoms with Gasteiger partial charge in [-0.2, -0.15) is 0 Å². The lowest BCUT2D eigenvalue weighted by atomic mass is 9.91. The van der Waals surface area contributed by atoms with Crippen molar-refractivity contribution in [2.75, 3.05) is 20.6 Å². The normalized spacial score (nSPS) is 18.1. The molecule has 2 nitrogen and oxygen atoms in total. The molecule has 1 aliphatic rings. The fourth-order valence-electron chi connectivity index (χ4n) is 2.51. The van der Waals surface area contributed by atoms with E-state index in [0.29, 0.717) is 6.04 Å². The molecule has 0 aliphatic heterocycles. The van der Waals surface area contributed by atoms with Crippen LogP contribution in [0, 0.1) is 0 Å². The van der Waals surface area contributed by atoms with E-state index in [1.165, 1.54) is 37.8 Å². The number of rotatable bonds is 6. The first-order valence-electron chi connectivity index (χ1n) is 6.73. The lowest BCUT2D eigenvalue weighted by Crippen LogP contribution is -2.38. The number of hydrogen-bond donors (Lipinski definition) is 1. The highest BCUT2D eigenvalue weighted by Crippen LogP contribution is 2.25. The average Bonchev–Trinajstić information content (AvgIpc) is 2.29. The quantitative estimate of drug-likeness (QED) is 0.811. The zero-order valence-corrected chi connectivity index (χ0v) is 11.0. The molecule has 1 aliphatic carbocycles. The molecule has 17 heavy (non-hydrogen) atoms. The maximum Gasteiger partial charge on any atom is 0.0329 e. The van der Waals surface area contributed by atoms with Crippen molar-refractivity contribution in [1.82, 2.24) is 10.2 Å². The van der Waals surface area contributed by atoms with E-state index in [9.17, 15) is 0 Å². The first kappa shape index (κ1) is 12.6. The Labute approximate surface area is 105 Å². The summed E-state index contributed by atoms with van der Waals surface area (Å²) < 4.78 is 0. The summed E-state index contributed by atoms with van der Waals surface area (Å²) >= 11 is 0. The SMILES string of the molecule is CNC(CCN(C)C1CCC1)c1ccccc1. The van der Waals surface area contributed by atoms with Gasteiger partial charge >= 0.3 is 0 Å². The minimum absolute atomic E-state index is 0.485. The third kappa shape index (κ3) is 3.30. The molecule has 2 rings (SSSR count). The largest absolute Gasteiger partial charge is 0.313 e. The summed E-state index contributed by atoms with van der Waals surface area (Å²) in [6, 6.07) is 12.1. The van der Waals surface area contributed by atoms with E-state index in [-0.39, 0.29) is 0 Å². The Hall–Kier alpha value is -0.860. The van der Waals surface area contributed by atoms with Gasteiger partial charge in [-0.1, -0.05) is 36.8 Å². The standard InChI is InChI=1S/C15H24N2/c1-16-15(13-7-4-3-5-8-13)11-12-17(2)14-9-6-10-14/h3-5,7-8,14-16H,6,9-12H2,1-2H3. The highest BCUT2D eigenvalue weighted by molar-refractivity contribution is 5.18. The summed E-state index contributed by atoms with van der Waals surface area (Å²) in [5.41, 5.74) is 1.40. The molecule has 0 bridgehead atoms. The predicted molar refractivity (Wildman–Crippen MR) is 73.1 cm³/mol. The molecule has 0 radical (unpaired) electrons. The van der Waals surface area contributed by atoms with Crippen LogP contribution in [0.15, 0.2) is 30.3 Å². The number of benzene rings is 1. The van der Waals surface area contributed by atoms with Gasteiger partial charge in [-0.3, -0.25) is 0 Å². The van der Waals surface area contributed by atoms with Crippen molar-refractivity contribution in [3.63, 3.8) is 0 Å². The van der Waals surface area contributed by atoms with Crippen molar-refractivity contribution < 1.29 is 0 Å². The van der Waals surface area contributed by atoms with Crippen LogP contribution in [-0.2, 0) is 0 Å². The van der Waals surface area contributed by atoms with E-state index >= 15 is 0 Å². The Bertz CT molecular complexity index is 319. The maximum absolute atomic E-state index is 3.42. The Kier molecular flexibility index (Phi) is 4.57. The average molecular weight is 232 g/mol. The molecule has 1 atom stereocenters. The Morgan fingerprint density at radius 3 is 2.53 bits per heavy atom. The third-order valence-electron chi connectivity index (χ3n) is 4.02. The van der Waals surface area contributed by atoms with E-state index in [2.05, 4.69) is 54.6 Å². The van der Waals surface area contributed by atoms with Crippen molar-refractivity contribution >= 4 is 0 Å². The molecule has 1 N–H and O–H groups in total. The first-order chi connectivity index (χ1) is 8.31. The van der Waals surface area contributed by atoms with Gasteiger partial charge in [0, 0.05) is 12.1 Å². The number of hydrogen-bond acceptors (Lipinski definition) is 2. The molecule has 1 fully saturated rings. The topological polar surface area (TPSA) is 15.3 Å². The van der Waals surface area contributed by atoms with E-state index in [1.54, 1.807) is 0 Å². The summed E-state index contributed by atoms with van der Waals surface area (Å²) in [6.07, 6.45) is 5.40. The molecule has 1 saturated carbocycles. The van der Waals surface area contributed by atoms with Crippen LogP contribution < -0.4 is 5.32 Å². The Morgan fingerprint density at radius 2 is 2.00 bits per heavy atom. The Balaban J connectivity index is 1.83. The smallest absolute Gasteiger partial charge is 0.0329 e. The molecule has 2 heteroatoms. The predicted octanol–water partition coefficient (Wildman–Crippen LogP) is 2.82. The van der Waals surface area contributed by atoms with E-state index in [0.717, 1.165) is 6.04 Å². The highest BCUT2D eigenvalue weighted by Gasteiger charge is 2.22. The van der Waals surface area contributed by atoms with Crippen LogP contribution in [0.3, 0.4) is 0 Å². The van der Waals surface area contributed by atoms with Crippen molar-refractivity contribution in [1.29, 1.82) is 0 Å². The van der Waals surface area contributed by atoms with Gasteiger partial charge in [-0.15, -0.1) is 0 Å². The van der Waals surface area contributed by atoms with Gasteiger partial charge in [-0.25, -0.2) is 0 Å². The molecule has 0 saturated heterocycles. The van der Waals surface area contributed by atoms with Gasteiger partial charge in [0.2, 0.25) is 0 Å². The van der Waals surface area contributed by atoms with Crippen LogP contribution in [0.1, 0.15) is 37.3 Å². The van der Waals surface area contributed by atoms with Crippen LogP contribution in [-0.4, -0.2) is 31.6 Å². The van der Waals surface area contributed by atoms with E-state index in [1.807, 2.05) is 0 Å². The Morgan fingerprint density at radius 1 is 1.29 bits per heavy atom. The number of nitrogens with one attached hydrogen (secondary N) is 1. The molecule has 1 aromatic carbocycles. The molecule has 1 unspecified atom stereocenters. The summed E-state index contributed by atoms with van der Waals surface area (Å²) in [5, 5.41) is 3.42. The van der Waals surface area contributed by atoms with Gasteiger partial charge in [0.1, 0.15) is 0 Å². The van der Waals surface area contributed by atoms with Gasteiger partial charge in [0.05, 0.1) is 0 Å². The van der Waals surface area contributed by atoms with Crippen LogP contribution in [0.25, 0.3) is 0 Å². The van der Waals surface area contributed by atoms with Gasteiger partial charge < -0.3 is 10.2 Å². The van der Waals surface area contributed by atoms with E-state index in [4.69, 9.17) is 0 Å². The summed E-state index contributed by atoms with van der Waals surface area (Å²) in [5.74, 6) is 0. The van der Waals surface area contributed by atoms with Gasteiger partial charge in [0.15, 0.2) is 0 Å². The highest BCUT2D eigenvalue weighted by atomic mass is 15.1. The molecular formula is C15H24N2. The molecule has 94 valence electrons.